The van der Waals surface area contributed by atoms with Crippen LogP contribution in [0, 0.1) is 0 Å². The van der Waals surface area contributed by atoms with Crippen molar-refractivity contribution in [1.82, 2.24) is 15.5 Å². The minimum Gasteiger partial charge on any atom is -0.346 e. The maximum absolute atomic E-state index is 11.9. The largest absolute Gasteiger partial charge is 0.405 e. The first-order chi connectivity index (χ1) is 8.71. The molecule has 0 saturated carbocycles. The Labute approximate surface area is 110 Å². The molecule has 0 aliphatic heterocycles. The fraction of sp³-hybridized carbons (Fsp3) is 0.818. The number of rotatable bonds is 7. The highest BCUT2D eigenvalue weighted by molar-refractivity contribution is 5.83. The fourth-order valence-electron chi connectivity index (χ4n) is 1.36. The lowest BCUT2D eigenvalue weighted by Crippen LogP contribution is -2.48. The van der Waals surface area contributed by atoms with Crippen LogP contribution in [0.1, 0.15) is 20.8 Å². The molecule has 0 aliphatic rings. The summed E-state index contributed by atoms with van der Waals surface area (Å²) in [6, 6.07) is -0.859. The van der Waals surface area contributed by atoms with E-state index in [2.05, 4.69) is 5.32 Å². The lowest BCUT2D eigenvalue weighted by molar-refractivity contribution is -0.139. The van der Waals surface area contributed by atoms with E-state index in [1.165, 1.54) is 6.92 Å². The van der Waals surface area contributed by atoms with Gasteiger partial charge in [-0.25, -0.2) is 0 Å². The summed E-state index contributed by atoms with van der Waals surface area (Å²) in [5, 5.41) is 4.35. The maximum Gasteiger partial charge on any atom is 0.405 e. The van der Waals surface area contributed by atoms with Crippen LogP contribution < -0.4 is 10.6 Å². The average Bonchev–Trinajstić information content (AvgIpc) is 2.33. The van der Waals surface area contributed by atoms with E-state index in [0.717, 1.165) is 0 Å². The van der Waals surface area contributed by atoms with Gasteiger partial charge in [-0.1, -0.05) is 0 Å². The number of halogens is 3. The molecule has 0 heterocycles. The summed E-state index contributed by atoms with van der Waals surface area (Å²) in [6.07, 6.45) is -4.44. The quantitative estimate of drug-likeness (QED) is 0.716. The van der Waals surface area contributed by atoms with Gasteiger partial charge in [-0.15, -0.1) is 0 Å². The van der Waals surface area contributed by atoms with Crippen LogP contribution in [-0.4, -0.2) is 55.1 Å². The van der Waals surface area contributed by atoms with Crippen molar-refractivity contribution in [2.45, 2.75) is 33.0 Å². The van der Waals surface area contributed by atoms with Crippen molar-refractivity contribution >= 4 is 11.8 Å². The molecule has 5 nitrogen and oxygen atoms in total. The van der Waals surface area contributed by atoms with Crippen LogP contribution in [0.5, 0.6) is 0 Å². The Morgan fingerprint density at radius 3 is 2.16 bits per heavy atom. The molecule has 2 amide bonds. The number of alkyl halides is 3. The number of nitrogens with one attached hydrogen (secondary N) is 2. The molecule has 2 N–H and O–H groups in total. The van der Waals surface area contributed by atoms with Gasteiger partial charge >= 0.3 is 6.18 Å². The Morgan fingerprint density at radius 2 is 1.74 bits per heavy atom. The second-order valence-electron chi connectivity index (χ2n) is 4.00. The van der Waals surface area contributed by atoms with Gasteiger partial charge in [0.15, 0.2) is 0 Å². The third-order valence-corrected chi connectivity index (χ3v) is 2.53. The lowest BCUT2D eigenvalue weighted by Gasteiger charge is -2.20. The van der Waals surface area contributed by atoms with Crippen LogP contribution in [0.2, 0.25) is 0 Å². The van der Waals surface area contributed by atoms with Crippen LogP contribution in [0.4, 0.5) is 13.2 Å². The molecule has 1 unspecified atom stereocenters. The normalized spacial score (nSPS) is 12.9. The fourth-order valence-corrected chi connectivity index (χ4v) is 1.36. The van der Waals surface area contributed by atoms with Gasteiger partial charge < -0.3 is 10.2 Å². The van der Waals surface area contributed by atoms with E-state index in [1.54, 1.807) is 10.2 Å². The van der Waals surface area contributed by atoms with Crippen molar-refractivity contribution in [2.75, 3.05) is 26.2 Å². The van der Waals surface area contributed by atoms with Gasteiger partial charge in [0.2, 0.25) is 11.8 Å². The number of hydrogen-bond donors (Lipinski definition) is 2. The molecular weight excluding hydrogens is 263 g/mol. The molecule has 1 atom stereocenters. The molecule has 112 valence electrons. The van der Waals surface area contributed by atoms with Gasteiger partial charge in [-0.3, -0.25) is 14.9 Å². The van der Waals surface area contributed by atoms with Gasteiger partial charge in [0.05, 0.1) is 12.6 Å². The summed E-state index contributed by atoms with van der Waals surface area (Å²) < 4.78 is 35.7. The molecule has 19 heavy (non-hydrogen) atoms. The Hall–Kier alpha value is -1.31. The summed E-state index contributed by atoms with van der Waals surface area (Å²) in [4.78, 5) is 24.5. The van der Waals surface area contributed by atoms with Gasteiger partial charge in [-0.05, 0) is 20.8 Å². The lowest BCUT2D eigenvalue weighted by atomic mass is 10.3. The molecule has 0 spiro atoms. The summed E-state index contributed by atoms with van der Waals surface area (Å²) in [6.45, 7) is 4.68. The predicted molar refractivity (Wildman–Crippen MR) is 64.5 cm³/mol. The van der Waals surface area contributed by atoms with E-state index in [4.69, 9.17) is 0 Å². The molecule has 8 heteroatoms. The molecule has 0 fully saturated rings. The number of carbonyl (C=O) groups excluding carboxylic acids is 2. The first-order valence-electron chi connectivity index (χ1n) is 6.06. The standard InChI is InChI=1S/C11H20F3N3O2/c1-4-17(5-2)9(18)6-15-8(3)10(19)16-7-11(12,13)14/h8,15H,4-7H2,1-3H3,(H,16,19). The molecule has 0 aromatic rings. The van der Waals surface area contributed by atoms with E-state index < -0.39 is 24.7 Å². The number of amides is 2. The van der Waals surface area contributed by atoms with Crippen molar-refractivity contribution in [2.24, 2.45) is 0 Å². The van der Waals surface area contributed by atoms with Crippen LogP contribution in [0.3, 0.4) is 0 Å². The zero-order valence-corrected chi connectivity index (χ0v) is 11.3. The molecule has 0 saturated heterocycles. The highest BCUT2D eigenvalue weighted by Gasteiger charge is 2.28. The predicted octanol–water partition coefficient (Wildman–Crippen LogP) is 0.511. The molecule has 0 radical (unpaired) electrons. The van der Waals surface area contributed by atoms with Crippen molar-refractivity contribution in [3.05, 3.63) is 0 Å². The van der Waals surface area contributed by atoms with Gasteiger partial charge in [0.1, 0.15) is 6.54 Å². The van der Waals surface area contributed by atoms with Crippen molar-refractivity contribution in [1.29, 1.82) is 0 Å². The highest BCUT2D eigenvalue weighted by Crippen LogP contribution is 2.12. The van der Waals surface area contributed by atoms with Crippen LogP contribution in [-0.2, 0) is 9.59 Å². The third-order valence-electron chi connectivity index (χ3n) is 2.53. The monoisotopic (exact) mass is 283 g/mol. The SMILES string of the molecule is CCN(CC)C(=O)CNC(C)C(=O)NCC(F)(F)F. The van der Waals surface area contributed by atoms with Crippen molar-refractivity contribution in [3.8, 4) is 0 Å². The third kappa shape index (κ3) is 7.66. The Balaban J connectivity index is 4.06. The van der Waals surface area contributed by atoms with Gasteiger partial charge in [-0.2, -0.15) is 13.2 Å². The van der Waals surface area contributed by atoms with E-state index in [9.17, 15) is 22.8 Å². The van der Waals surface area contributed by atoms with E-state index in [1.807, 2.05) is 13.8 Å². The molecule has 0 aliphatic carbocycles. The Kier molecular flexibility index (Phi) is 7.43. The zero-order valence-electron chi connectivity index (χ0n) is 11.3. The topological polar surface area (TPSA) is 61.4 Å². The van der Waals surface area contributed by atoms with Crippen LogP contribution >= 0.6 is 0 Å². The second kappa shape index (κ2) is 7.98. The number of hydrogen-bond acceptors (Lipinski definition) is 3. The van der Waals surface area contributed by atoms with E-state index in [0.29, 0.717) is 13.1 Å². The average molecular weight is 283 g/mol. The molecular formula is C11H20F3N3O2. The van der Waals surface area contributed by atoms with E-state index >= 15 is 0 Å². The van der Waals surface area contributed by atoms with E-state index in [-0.39, 0.29) is 12.5 Å². The van der Waals surface area contributed by atoms with Gasteiger partial charge in [0, 0.05) is 13.1 Å². The first-order valence-corrected chi connectivity index (χ1v) is 6.06. The summed E-state index contributed by atoms with van der Waals surface area (Å²) in [7, 11) is 0. The summed E-state index contributed by atoms with van der Waals surface area (Å²) in [5.41, 5.74) is 0. The van der Waals surface area contributed by atoms with Crippen LogP contribution in [0.15, 0.2) is 0 Å². The molecule has 0 bridgehead atoms. The number of likely N-dealkylation sites (N-methyl/N-ethyl adjacent to an activating group) is 1. The van der Waals surface area contributed by atoms with Crippen molar-refractivity contribution < 1.29 is 22.8 Å². The number of nitrogens with zero attached hydrogens (tertiary/aromatic N) is 1. The minimum absolute atomic E-state index is 0.0811. The number of carbonyl (C=O) groups is 2. The molecule has 0 aromatic heterocycles. The second-order valence-corrected chi connectivity index (χ2v) is 4.00. The smallest absolute Gasteiger partial charge is 0.346 e. The molecule has 0 aromatic carbocycles. The zero-order chi connectivity index (χ0) is 15.1. The highest BCUT2D eigenvalue weighted by atomic mass is 19.4. The van der Waals surface area contributed by atoms with Gasteiger partial charge in [0.25, 0.3) is 0 Å². The molecule has 0 rings (SSSR count). The minimum atomic E-state index is -4.44. The Morgan fingerprint density at radius 1 is 1.21 bits per heavy atom. The Bertz CT molecular complexity index is 304. The van der Waals surface area contributed by atoms with Crippen molar-refractivity contribution in [3.63, 3.8) is 0 Å². The summed E-state index contributed by atoms with van der Waals surface area (Å²) >= 11 is 0. The summed E-state index contributed by atoms with van der Waals surface area (Å²) in [5.74, 6) is -0.981. The maximum atomic E-state index is 11.9. The first kappa shape index (κ1) is 17.7. The van der Waals surface area contributed by atoms with Crippen LogP contribution in [0.25, 0.3) is 0 Å².